The fourth-order valence-corrected chi connectivity index (χ4v) is 3.05. The van der Waals surface area contributed by atoms with Gasteiger partial charge in [0.05, 0.1) is 6.61 Å². The van der Waals surface area contributed by atoms with E-state index in [4.69, 9.17) is 0 Å². The van der Waals surface area contributed by atoms with E-state index < -0.39 is 6.04 Å². The highest BCUT2D eigenvalue weighted by molar-refractivity contribution is 9.10. The van der Waals surface area contributed by atoms with Crippen LogP contribution in [0.4, 0.5) is 5.69 Å². The normalized spacial score (nSPS) is 24.0. The van der Waals surface area contributed by atoms with Gasteiger partial charge in [-0.1, -0.05) is 15.9 Å². The lowest BCUT2D eigenvalue weighted by Gasteiger charge is -2.35. The van der Waals surface area contributed by atoms with Gasteiger partial charge in [-0.25, -0.2) is 0 Å². The molecule has 104 valence electrons. The Hall–Kier alpha value is -1.07. The van der Waals surface area contributed by atoms with Crippen molar-refractivity contribution in [1.29, 1.82) is 0 Å². The highest BCUT2D eigenvalue weighted by Gasteiger charge is 2.32. The first-order valence-corrected chi connectivity index (χ1v) is 7.27. The number of benzene rings is 1. The molecule has 2 N–H and O–H groups in total. The smallest absolute Gasteiger partial charge is 0.245 e. The van der Waals surface area contributed by atoms with Crippen LogP contribution < -0.4 is 10.2 Å². The summed E-state index contributed by atoms with van der Waals surface area (Å²) >= 11 is 3.45. The second-order valence-electron chi connectivity index (χ2n) is 4.97. The predicted molar refractivity (Wildman–Crippen MR) is 79.3 cm³/mol. The summed E-state index contributed by atoms with van der Waals surface area (Å²) in [7, 11) is 0. The van der Waals surface area contributed by atoms with Crippen LogP contribution in [-0.2, 0) is 4.79 Å². The zero-order valence-corrected chi connectivity index (χ0v) is 12.8. The number of nitrogens with one attached hydrogen (secondary N) is 1. The van der Waals surface area contributed by atoms with E-state index in [0.29, 0.717) is 6.54 Å². The molecule has 4 nitrogen and oxygen atoms in total. The zero-order valence-electron chi connectivity index (χ0n) is 11.2. The summed E-state index contributed by atoms with van der Waals surface area (Å²) in [6.07, 6.45) is 0.873. The molecule has 1 heterocycles. The summed E-state index contributed by atoms with van der Waals surface area (Å²) in [4.78, 5) is 14.1. The molecule has 1 saturated heterocycles. The highest BCUT2D eigenvalue weighted by Crippen LogP contribution is 2.29. The molecule has 0 radical (unpaired) electrons. The molecule has 2 unspecified atom stereocenters. The first-order chi connectivity index (χ1) is 9.04. The van der Waals surface area contributed by atoms with Crippen LogP contribution >= 0.6 is 15.9 Å². The highest BCUT2D eigenvalue weighted by atomic mass is 79.9. The Morgan fingerprint density at radius 3 is 2.89 bits per heavy atom. The van der Waals surface area contributed by atoms with Gasteiger partial charge in [-0.3, -0.25) is 4.79 Å². The van der Waals surface area contributed by atoms with Gasteiger partial charge in [-0.05, 0) is 44.0 Å². The van der Waals surface area contributed by atoms with Gasteiger partial charge in [0.2, 0.25) is 5.91 Å². The van der Waals surface area contributed by atoms with Crippen molar-refractivity contribution >= 4 is 27.5 Å². The molecular weight excluding hydrogens is 308 g/mol. The second-order valence-corrected chi connectivity index (χ2v) is 5.88. The van der Waals surface area contributed by atoms with Gasteiger partial charge in [0, 0.05) is 22.7 Å². The van der Waals surface area contributed by atoms with Crippen molar-refractivity contribution in [2.45, 2.75) is 32.4 Å². The second kappa shape index (κ2) is 5.92. The number of anilines is 1. The molecular formula is C14H19BrN2O2. The van der Waals surface area contributed by atoms with E-state index in [1.807, 2.05) is 30.0 Å². The molecule has 1 aliphatic heterocycles. The number of aliphatic hydroxyl groups is 1. The van der Waals surface area contributed by atoms with Crippen LogP contribution in [0.2, 0.25) is 0 Å². The number of aliphatic hydroxyl groups excluding tert-OH is 1. The molecule has 1 aliphatic rings. The Balaban J connectivity index is 2.44. The molecule has 0 aliphatic carbocycles. The van der Waals surface area contributed by atoms with Crippen molar-refractivity contribution in [2.24, 2.45) is 0 Å². The van der Waals surface area contributed by atoms with Gasteiger partial charge in [0.15, 0.2) is 0 Å². The molecule has 2 atom stereocenters. The fraction of sp³-hybridized carbons (Fsp3) is 0.500. The Morgan fingerprint density at radius 2 is 2.26 bits per heavy atom. The average molecular weight is 327 g/mol. The maximum Gasteiger partial charge on any atom is 0.245 e. The third-order valence-corrected chi connectivity index (χ3v) is 4.08. The van der Waals surface area contributed by atoms with Crippen molar-refractivity contribution in [3.63, 3.8) is 0 Å². The number of halogens is 1. The van der Waals surface area contributed by atoms with E-state index >= 15 is 0 Å². The summed E-state index contributed by atoms with van der Waals surface area (Å²) < 4.78 is 1.02. The third-order valence-electron chi connectivity index (χ3n) is 3.58. The Labute approximate surface area is 121 Å². The number of hydrogen-bond donors (Lipinski definition) is 2. The van der Waals surface area contributed by atoms with Gasteiger partial charge in [0.1, 0.15) is 6.04 Å². The van der Waals surface area contributed by atoms with Gasteiger partial charge in [-0.2, -0.15) is 0 Å². The molecule has 1 aromatic carbocycles. The monoisotopic (exact) mass is 326 g/mol. The Bertz CT molecular complexity index is 479. The molecule has 0 bridgehead atoms. The molecule has 19 heavy (non-hydrogen) atoms. The van der Waals surface area contributed by atoms with Crippen LogP contribution in [0.5, 0.6) is 0 Å². The van der Waals surface area contributed by atoms with E-state index in [1.165, 1.54) is 0 Å². The molecule has 0 spiro atoms. The first-order valence-electron chi connectivity index (χ1n) is 6.47. The van der Waals surface area contributed by atoms with Gasteiger partial charge in [-0.15, -0.1) is 0 Å². The van der Waals surface area contributed by atoms with Crippen LogP contribution in [-0.4, -0.2) is 36.2 Å². The SMILES string of the molecule is Cc1cc(Br)ccc1N1C(C)CCNC(=O)C1CO. The minimum absolute atomic E-state index is 0.103. The average Bonchev–Trinajstić information content (AvgIpc) is 2.49. The largest absolute Gasteiger partial charge is 0.394 e. The lowest BCUT2D eigenvalue weighted by Crippen LogP contribution is -2.49. The van der Waals surface area contributed by atoms with Crippen molar-refractivity contribution in [3.8, 4) is 0 Å². The lowest BCUT2D eigenvalue weighted by molar-refractivity contribution is -0.122. The third kappa shape index (κ3) is 2.92. The van der Waals surface area contributed by atoms with E-state index in [9.17, 15) is 9.90 Å². The quantitative estimate of drug-likeness (QED) is 0.871. The molecule has 0 saturated carbocycles. The minimum atomic E-state index is -0.516. The standard InChI is InChI=1S/C14H19BrN2O2/c1-9-7-11(15)3-4-12(9)17-10(2)5-6-16-14(19)13(17)8-18/h3-4,7,10,13,18H,5-6,8H2,1-2H3,(H,16,19). The van der Waals surface area contributed by atoms with E-state index in [0.717, 1.165) is 22.1 Å². The maximum atomic E-state index is 12.0. The van der Waals surface area contributed by atoms with Crippen LogP contribution in [0.3, 0.4) is 0 Å². The molecule has 1 aromatic rings. The van der Waals surface area contributed by atoms with Crippen molar-refractivity contribution in [1.82, 2.24) is 5.32 Å². The Morgan fingerprint density at radius 1 is 1.53 bits per heavy atom. The van der Waals surface area contributed by atoms with E-state index in [1.54, 1.807) is 0 Å². The van der Waals surface area contributed by atoms with Crippen LogP contribution in [0, 0.1) is 6.92 Å². The van der Waals surface area contributed by atoms with Crippen molar-refractivity contribution in [3.05, 3.63) is 28.2 Å². The predicted octanol–water partition coefficient (Wildman–Crippen LogP) is 1.83. The van der Waals surface area contributed by atoms with Crippen LogP contribution in [0.25, 0.3) is 0 Å². The molecule has 2 rings (SSSR count). The van der Waals surface area contributed by atoms with Gasteiger partial charge < -0.3 is 15.3 Å². The molecule has 1 amide bonds. The summed E-state index contributed by atoms with van der Waals surface area (Å²) in [5.74, 6) is -0.103. The lowest BCUT2D eigenvalue weighted by atomic mass is 10.1. The van der Waals surface area contributed by atoms with Gasteiger partial charge >= 0.3 is 0 Å². The summed E-state index contributed by atoms with van der Waals surface area (Å²) in [5.41, 5.74) is 2.10. The van der Waals surface area contributed by atoms with E-state index in [-0.39, 0.29) is 18.6 Å². The number of carbonyl (C=O) groups excluding carboxylic acids is 1. The summed E-state index contributed by atoms with van der Waals surface area (Å²) in [6, 6.07) is 5.68. The van der Waals surface area contributed by atoms with Crippen molar-refractivity contribution in [2.75, 3.05) is 18.1 Å². The van der Waals surface area contributed by atoms with Crippen LogP contribution in [0.1, 0.15) is 18.9 Å². The topological polar surface area (TPSA) is 52.6 Å². The van der Waals surface area contributed by atoms with Crippen LogP contribution in [0.15, 0.2) is 22.7 Å². The number of aryl methyl sites for hydroxylation is 1. The van der Waals surface area contributed by atoms with E-state index in [2.05, 4.69) is 28.2 Å². The van der Waals surface area contributed by atoms with Crippen molar-refractivity contribution < 1.29 is 9.90 Å². The molecule has 1 fully saturated rings. The first kappa shape index (κ1) is 14.3. The summed E-state index contributed by atoms with van der Waals surface area (Å²) in [5, 5.41) is 12.4. The number of rotatable bonds is 2. The number of carbonyl (C=O) groups is 1. The number of hydrogen-bond acceptors (Lipinski definition) is 3. The molecule has 5 heteroatoms. The molecule has 0 aromatic heterocycles. The Kier molecular flexibility index (Phi) is 4.47. The minimum Gasteiger partial charge on any atom is -0.394 e. The van der Waals surface area contributed by atoms with Gasteiger partial charge in [0.25, 0.3) is 0 Å². The fourth-order valence-electron chi connectivity index (χ4n) is 2.58. The zero-order chi connectivity index (χ0) is 14.0. The summed E-state index contributed by atoms with van der Waals surface area (Å²) in [6.45, 7) is 4.59. The maximum absolute atomic E-state index is 12.0. The number of amides is 1. The number of nitrogens with zero attached hydrogens (tertiary/aromatic N) is 1.